The summed E-state index contributed by atoms with van der Waals surface area (Å²) in [5, 5.41) is 11.0. The fraction of sp³-hybridized carbons (Fsp3) is 0.176. The van der Waals surface area contributed by atoms with Gasteiger partial charge in [0.1, 0.15) is 11.6 Å². The van der Waals surface area contributed by atoms with E-state index in [2.05, 4.69) is 0 Å². The molecule has 124 valence electrons. The number of carbonyl (C=O) groups excluding carboxylic acids is 1. The molecule has 0 saturated heterocycles. The Morgan fingerprint density at radius 3 is 2.54 bits per heavy atom. The minimum Gasteiger partial charge on any atom is -0.319 e. The van der Waals surface area contributed by atoms with Crippen LogP contribution in [-0.2, 0) is 6.18 Å². The van der Waals surface area contributed by atoms with Crippen molar-refractivity contribution < 1.29 is 18.0 Å². The predicted molar refractivity (Wildman–Crippen MR) is 83.9 cm³/mol. The largest absolute Gasteiger partial charge is 0.416 e. The minimum atomic E-state index is -4.55. The van der Waals surface area contributed by atoms with Crippen molar-refractivity contribution in [3.05, 3.63) is 65.0 Å². The molecule has 0 bridgehead atoms. The maximum Gasteiger partial charge on any atom is 0.416 e. The van der Waals surface area contributed by atoms with E-state index < -0.39 is 17.5 Å². The number of hydrogen-bond acceptors (Lipinski definition) is 3. The van der Waals surface area contributed by atoms with Gasteiger partial charge >= 0.3 is 6.18 Å². The number of alkyl halides is 3. The van der Waals surface area contributed by atoms with Crippen LogP contribution in [-0.4, -0.2) is 24.6 Å². The van der Waals surface area contributed by atoms with Gasteiger partial charge in [-0.25, -0.2) is 0 Å². The fourth-order valence-electron chi connectivity index (χ4n) is 2.15. The van der Waals surface area contributed by atoms with Gasteiger partial charge in [-0.3, -0.25) is 9.47 Å². The molecule has 2 rings (SSSR count). The summed E-state index contributed by atoms with van der Waals surface area (Å²) in [6.45, 7) is 0. The molecule has 24 heavy (non-hydrogen) atoms. The van der Waals surface area contributed by atoms with Crippen LogP contribution in [0.25, 0.3) is 6.08 Å². The van der Waals surface area contributed by atoms with Gasteiger partial charge in [-0.05, 0) is 30.3 Å². The first-order valence-electron chi connectivity index (χ1n) is 6.92. The van der Waals surface area contributed by atoms with Crippen LogP contribution in [0, 0.1) is 11.3 Å². The van der Waals surface area contributed by atoms with E-state index in [1.165, 1.54) is 12.1 Å². The number of nitrogens with zero attached hydrogens (tertiary/aromatic N) is 3. The minimum absolute atomic E-state index is 0.180. The number of ketones is 1. The maximum atomic E-state index is 12.8. The molecule has 0 N–H and O–H groups in total. The first-order valence-corrected chi connectivity index (χ1v) is 6.92. The van der Waals surface area contributed by atoms with E-state index in [-0.39, 0.29) is 11.1 Å². The Morgan fingerprint density at radius 1 is 1.25 bits per heavy atom. The van der Waals surface area contributed by atoms with Crippen molar-refractivity contribution in [2.24, 2.45) is 0 Å². The van der Waals surface area contributed by atoms with Gasteiger partial charge in [0, 0.05) is 25.9 Å². The van der Waals surface area contributed by atoms with Crippen molar-refractivity contribution in [3.8, 4) is 6.07 Å². The second-order valence-corrected chi connectivity index (χ2v) is 5.20. The van der Waals surface area contributed by atoms with Crippen molar-refractivity contribution in [2.45, 2.75) is 6.18 Å². The molecule has 1 heterocycles. The number of Topliss-reactive ketones (excluding diaryl/α,β-unsaturated/α-hetero) is 1. The van der Waals surface area contributed by atoms with Crippen LogP contribution in [0.2, 0.25) is 0 Å². The Labute approximate surface area is 137 Å². The van der Waals surface area contributed by atoms with Gasteiger partial charge in [-0.15, -0.1) is 0 Å². The van der Waals surface area contributed by atoms with Crippen molar-refractivity contribution >= 4 is 11.9 Å². The van der Waals surface area contributed by atoms with Gasteiger partial charge in [0.05, 0.1) is 11.3 Å². The number of aromatic nitrogens is 1. The number of carbonyl (C=O) groups is 1. The molecule has 0 unspecified atom stereocenters. The summed E-state index contributed by atoms with van der Waals surface area (Å²) in [5.41, 5.74) is -0.782. The van der Waals surface area contributed by atoms with E-state index in [0.717, 1.165) is 18.2 Å². The average molecular weight is 333 g/mol. The smallest absolute Gasteiger partial charge is 0.319 e. The number of benzene rings is 1. The Balaban J connectivity index is 2.42. The second-order valence-electron chi connectivity index (χ2n) is 5.20. The van der Waals surface area contributed by atoms with Gasteiger partial charge in [-0.2, -0.15) is 18.4 Å². The van der Waals surface area contributed by atoms with E-state index >= 15 is 0 Å². The Kier molecular flexibility index (Phi) is 4.79. The normalized spacial score (nSPS) is 11.9. The van der Waals surface area contributed by atoms with Crippen LogP contribution < -0.4 is 5.01 Å². The molecule has 7 heteroatoms. The zero-order chi connectivity index (χ0) is 17.9. The molecular weight excluding hydrogens is 319 g/mol. The fourth-order valence-corrected chi connectivity index (χ4v) is 2.15. The van der Waals surface area contributed by atoms with E-state index in [1.807, 2.05) is 0 Å². The summed E-state index contributed by atoms with van der Waals surface area (Å²) in [7, 11) is 3.55. The van der Waals surface area contributed by atoms with Crippen LogP contribution in [0.1, 0.15) is 21.6 Å². The molecule has 1 aromatic heterocycles. The molecule has 1 aromatic carbocycles. The highest BCUT2D eigenvalue weighted by atomic mass is 19.4. The van der Waals surface area contributed by atoms with E-state index in [4.69, 9.17) is 0 Å². The van der Waals surface area contributed by atoms with Crippen molar-refractivity contribution in [2.75, 3.05) is 19.1 Å². The van der Waals surface area contributed by atoms with Crippen LogP contribution in [0.15, 0.2) is 48.2 Å². The number of hydrogen-bond donors (Lipinski definition) is 0. The monoisotopic (exact) mass is 333 g/mol. The van der Waals surface area contributed by atoms with Crippen molar-refractivity contribution in [3.63, 3.8) is 0 Å². The topological polar surface area (TPSA) is 49.0 Å². The average Bonchev–Trinajstić information content (AvgIpc) is 2.99. The van der Waals surface area contributed by atoms with Gasteiger partial charge in [0.15, 0.2) is 0 Å². The molecule has 0 aliphatic carbocycles. The van der Waals surface area contributed by atoms with Crippen molar-refractivity contribution in [1.82, 2.24) is 4.68 Å². The molecule has 0 amide bonds. The van der Waals surface area contributed by atoms with E-state index in [9.17, 15) is 23.2 Å². The summed E-state index contributed by atoms with van der Waals surface area (Å²) in [5.74, 6) is -0.755. The third kappa shape index (κ3) is 3.66. The third-order valence-corrected chi connectivity index (χ3v) is 3.30. The van der Waals surface area contributed by atoms with Gasteiger partial charge in [0.25, 0.3) is 0 Å². The van der Waals surface area contributed by atoms with Crippen LogP contribution in [0.4, 0.5) is 13.2 Å². The number of nitriles is 1. The Hall–Kier alpha value is -3.01. The molecule has 0 aliphatic heterocycles. The lowest BCUT2D eigenvalue weighted by Crippen LogP contribution is -2.24. The molecule has 0 saturated carbocycles. The zero-order valence-electron chi connectivity index (χ0n) is 13.0. The third-order valence-electron chi connectivity index (χ3n) is 3.30. The molecule has 0 aliphatic rings. The summed E-state index contributed by atoms with van der Waals surface area (Å²) >= 11 is 0. The number of rotatable bonds is 4. The highest BCUT2D eigenvalue weighted by Gasteiger charge is 2.31. The number of halogens is 3. The molecule has 2 aromatic rings. The second kappa shape index (κ2) is 6.62. The quantitative estimate of drug-likeness (QED) is 0.489. The Morgan fingerprint density at radius 2 is 1.96 bits per heavy atom. The first kappa shape index (κ1) is 17.3. The lowest BCUT2D eigenvalue weighted by atomic mass is 10.0. The summed E-state index contributed by atoms with van der Waals surface area (Å²) in [4.78, 5) is 12.4. The summed E-state index contributed by atoms with van der Waals surface area (Å²) < 4.78 is 40.0. The molecular formula is C17H14F3N3O. The maximum absolute atomic E-state index is 12.8. The molecule has 0 spiro atoms. The molecule has 0 fully saturated rings. The lowest BCUT2D eigenvalue weighted by molar-refractivity contribution is -0.137. The Bertz CT molecular complexity index is 826. The van der Waals surface area contributed by atoms with Crippen molar-refractivity contribution in [1.29, 1.82) is 5.26 Å². The van der Waals surface area contributed by atoms with Gasteiger partial charge < -0.3 is 5.01 Å². The predicted octanol–water partition coefficient (Wildman–Crippen LogP) is 3.49. The van der Waals surface area contributed by atoms with Gasteiger partial charge in [-0.1, -0.05) is 12.1 Å². The lowest BCUT2D eigenvalue weighted by Gasteiger charge is -2.16. The molecule has 0 atom stereocenters. The van der Waals surface area contributed by atoms with Crippen LogP contribution in [0.3, 0.4) is 0 Å². The highest BCUT2D eigenvalue weighted by Crippen LogP contribution is 2.30. The van der Waals surface area contributed by atoms with Crippen LogP contribution >= 0.6 is 0 Å². The SMILES string of the molecule is CN(C)n1cccc1/C=C(/C#N)C(=O)c1cccc(C(F)(F)F)c1. The summed E-state index contributed by atoms with van der Waals surface area (Å²) in [6.07, 6.45) is -1.47. The molecule has 4 nitrogen and oxygen atoms in total. The van der Waals surface area contributed by atoms with Gasteiger partial charge in [0.2, 0.25) is 5.78 Å². The van der Waals surface area contributed by atoms with Crippen LogP contribution in [0.5, 0.6) is 0 Å². The first-order chi connectivity index (χ1) is 11.2. The summed E-state index contributed by atoms with van der Waals surface area (Å²) in [6, 6.07) is 9.22. The van der Waals surface area contributed by atoms with E-state index in [1.54, 1.807) is 48.2 Å². The highest BCUT2D eigenvalue weighted by molar-refractivity contribution is 6.14. The van der Waals surface area contributed by atoms with E-state index in [0.29, 0.717) is 5.69 Å². The number of allylic oxidation sites excluding steroid dienone is 1. The molecule has 0 radical (unpaired) electrons. The zero-order valence-corrected chi connectivity index (χ0v) is 13.0. The standard InChI is InChI=1S/C17H14F3N3O/c1-22(2)23-8-4-7-15(23)10-13(11-21)16(24)12-5-3-6-14(9-12)17(18,19)20/h3-10H,1-2H3/b13-10-.